The largest absolute Gasteiger partial charge is 0.507 e. The van der Waals surface area contributed by atoms with Crippen LogP contribution in [0.1, 0.15) is 32.0 Å². The molecule has 3 aromatic rings. The Hall–Kier alpha value is -3.20. The average Bonchev–Trinajstić information content (AvgIpc) is 3.39. The molecule has 0 aliphatic carbocycles. The SMILES string of the molecule is C=C(c1ncc(-c2ccc(-n3ccnn3)cc2O)nn1)[C@H]1C[C@]2(C)CCC(N2)[C@@H]1F. The number of aromatic nitrogens is 6. The van der Waals surface area contributed by atoms with Crippen LogP contribution < -0.4 is 5.32 Å². The molecule has 2 fully saturated rings. The van der Waals surface area contributed by atoms with Crippen molar-refractivity contribution >= 4 is 5.57 Å². The number of halogens is 1. The Kier molecular flexibility index (Phi) is 4.35. The molecule has 2 saturated heterocycles. The summed E-state index contributed by atoms with van der Waals surface area (Å²) in [5.41, 5.74) is 2.09. The summed E-state index contributed by atoms with van der Waals surface area (Å²) < 4.78 is 16.5. The van der Waals surface area contributed by atoms with E-state index in [4.69, 9.17) is 0 Å². The quantitative estimate of drug-likeness (QED) is 0.686. The van der Waals surface area contributed by atoms with Crippen molar-refractivity contribution in [2.75, 3.05) is 0 Å². The van der Waals surface area contributed by atoms with Gasteiger partial charge in [-0.1, -0.05) is 11.8 Å². The minimum atomic E-state index is -1.01. The van der Waals surface area contributed by atoms with Crippen LogP contribution in [0.3, 0.4) is 0 Å². The van der Waals surface area contributed by atoms with Crippen molar-refractivity contribution in [1.82, 2.24) is 35.5 Å². The standard InChI is InChI=1S/C21H22FN7O/c1-12(15-10-21(2)6-5-16(25-21)19(15)22)20-23-11-17(26-27-20)14-4-3-13(9-18(14)30)29-8-7-24-28-29/h3-4,7-9,11,15-16,19,25,30H,1,5-6,10H2,2H3/t15-,16?,19-,21+/m1/s1. The van der Waals surface area contributed by atoms with Crippen molar-refractivity contribution in [1.29, 1.82) is 0 Å². The van der Waals surface area contributed by atoms with Gasteiger partial charge in [0.2, 0.25) is 0 Å². The van der Waals surface area contributed by atoms with Crippen LogP contribution in [0.25, 0.3) is 22.5 Å². The van der Waals surface area contributed by atoms with Crippen molar-refractivity contribution in [3.63, 3.8) is 0 Å². The molecule has 5 rings (SSSR count). The molecule has 2 aromatic heterocycles. The van der Waals surface area contributed by atoms with Gasteiger partial charge in [-0.15, -0.1) is 15.3 Å². The van der Waals surface area contributed by atoms with Gasteiger partial charge < -0.3 is 10.4 Å². The van der Waals surface area contributed by atoms with Crippen LogP contribution in [0.2, 0.25) is 0 Å². The Morgan fingerprint density at radius 3 is 2.93 bits per heavy atom. The molecule has 154 valence electrons. The monoisotopic (exact) mass is 407 g/mol. The first kappa shape index (κ1) is 18.8. The molecule has 1 unspecified atom stereocenters. The fourth-order valence-corrected chi connectivity index (χ4v) is 4.60. The van der Waals surface area contributed by atoms with Crippen LogP contribution in [-0.4, -0.2) is 53.0 Å². The second-order valence-electron chi connectivity index (χ2n) is 8.35. The summed E-state index contributed by atoms with van der Waals surface area (Å²) in [6.07, 6.45) is 6.23. The number of rotatable bonds is 4. The molecule has 2 bridgehead atoms. The summed E-state index contributed by atoms with van der Waals surface area (Å²) in [6, 6.07) is 4.93. The summed E-state index contributed by atoms with van der Waals surface area (Å²) in [6.45, 7) is 6.22. The van der Waals surface area contributed by atoms with E-state index in [9.17, 15) is 9.50 Å². The van der Waals surface area contributed by atoms with E-state index in [1.807, 2.05) is 0 Å². The fourth-order valence-electron chi connectivity index (χ4n) is 4.60. The van der Waals surface area contributed by atoms with Crippen LogP contribution in [-0.2, 0) is 0 Å². The molecule has 0 saturated carbocycles. The Morgan fingerprint density at radius 1 is 1.37 bits per heavy atom. The number of fused-ring (bicyclic) bond motifs is 2. The predicted octanol–water partition coefficient (Wildman–Crippen LogP) is 2.71. The number of hydrogen-bond acceptors (Lipinski definition) is 7. The first-order valence-electron chi connectivity index (χ1n) is 9.94. The second kappa shape index (κ2) is 6.94. The maximum absolute atomic E-state index is 15.0. The average molecular weight is 407 g/mol. The molecule has 2 N–H and O–H groups in total. The third kappa shape index (κ3) is 3.15. The highest BCUT2D eigenvalue weighted by Crippen LogP contribution is 2.44. The fraction of sp³-hybridized carbons (Fsp3) is 0.381. The molecule has 8 nitrogen and oxygen atoms in total. The number of benzene rings is 1. The van der Waals surface area contributed by atoms with Crippen molar-refractivity contribution in [3.8, 4) is 22.7 Å². The highest BCUT2D eigenvalue weighted by atomic mass is 19.1. The van der Waals surface area contributed by atoms with Crippen LogP contribution in [0.5, 0.6) is 5.75 Å². The summed E-state index contributed by atoms with van der Waals surface area (Å²) in [5.74, 6) is 0.0409. The Bertz CT molecular complexity index is 1090. The highest BCUT2D eigenvalue weighted by molar-refractivity contribution is 5.68. The lowest BCUT2D eigenvalue weighted by atomic mass is 9.79. The van der Waals surface area contributed by atoms with Crippen molar-refractivity contribution in [3.05, 3.63) is 49.2 Å². The van der Waals surface area contributed by atoms with Gasteiger partial charge in [0.15, 0.2) is 5.82 Å². The first-order valence-corrected chi connectivity index (χ1v) is 9.94. The van der Waals surface area contributed by atoms with Crippen molar-refractivity contribution < 1.29 is 9.50 Å². The molecule has 0 radical (unpaired) electrons. The van der Waals surface area contributed by atoms with Gasteiger partial charge in [0.05, 0.1) is 24.3 Å². The van der Waals surface area contributed by atoms with Gasteiger partial charge in [-0.05, 0) is 43.9 Å². The Labute approximate surface area is 172 Å². The van der Waals surface area contributed by atoms with E-state index in [0.29, 0.717) is 34.8 Å². The first-order chi connectivity index (χ1) is 14.4. The van der Waals surface area contributed by atoms with Gasteiger partial charge in [0.1, 0.15) is 17.6 Å². The number of allylic oxidation sites excluding steroid dienone is 1. The van der Waals surface area contributed by atoms with Crippen LogP contribution in [0, 0.1) is 5.92 Å². The smallest absolute Gasteiger partial charge is 0.177 e. The molecule has 30 heavy (non-hydrogen) atoms. The van der Waals surface area contributed by atoms with Gasteiger partial charge in [-0.2, -0.15) is 0 Å². The normalized spacial score (nSPS) is 27.9. The molecule has 4 heterocycles. The molecular formula is C21H22FN7O. The topological polar surface area (TPSA) is 102 Å². The number of nitrogens with zero attached hydrogens (tertiary/aromatic N) is 6. The van der Waals surface area contributed by atoms with Crippen molar-refractivity contribution in [2.24, 2.45) is 5.92 Å². The highest BCUT2D eigenvalue weighted by Gasteiger charge is 2.49. The number of phenols is 1. The zero-order chi connectivity index (χ0) is 20.9. The number of aromatic hydroxyl groups is 1. The number of nitrogens with one attached hydrogen (secondary N) is 1. The molecule has 2 aliphatic rings. The molecule has 0 spiro atoms. The van der Waals surface area contributed by atoms with E-state index >= 15 is 0 Å². The molecule has 2 aliphatic heterocycles. The number of piperidine rings is 1. The predicted molar refractivity (Wildman–Crippen MR) is 108 cm³/mol. The molecule has 4 atom stereocenters. The third-order valence-electron chi connectivity index (χ3n) is 6.22. The third-order valence-corrected chi connectivity index (χ3v) is 6.22. The van der Waals surface area contributed by atoms with Gasteiger partial charge in [0, 0.05) is 29.1 Å². The minimum Gasteiger partial charge on any atom is -0.507 e. The van der Waals surface area contributed by atoms with Crippen LogP contribution >= 0.6 is 0 Å². The second-order valence-corrected chi connectivity index (χ2v) is 8.35. The zero-order valence-electron chi connectivity index (χ0n) is 16.5. The van der Waals surface area contributed by atoms with E-state index in [-0.39, 0.29) is 23.2 Å². The zero-order valence-corrected chi connectivity index (χ0v) is 16.5. The molecule has 0 amide bonds. The molecular weight excluding hydrogens is 385 g/mol. The van der Waals surface area contributed by atoms with Crippen molar-refractivity contribution in [2.45, 2.75) is 43.9 Å². The van der Waals surface area contributed by atoms with Gasteiger partial charge in [0.25, 0.3) is 0 Å². The van der Waals surface area contributed by atoms with Crippen LogP contribution in [0.4, 0.5) is 4.39 Å². The van der Waals surface area contributed by atoms with Gasteiger partial charge in [-0.25, -0.2) is 14.1 Å². The van der Waals surface area contributed by atoms with E-state index in [1.54, 1.807) is 35.3 Å². The summed E-state index contributed by atoms with van der Waals surface area (Å²) in [5, 5.41) is 29.9. The summed E-state index contributed by atoms with van der Waals surface area (Å²) in [4.78, 5) is 4.37. The maximum atomic E-state index is 15.0. The van der Waals surface area contributed by atoms with E-state index in [0.717, 1.165) is 12.8 Å². The Morgan fingerprint density at radius 2 is 2.23 bits per heavy atom. The molecule has 1 aromatic carbocycles. The minimum absolute atomic E-state index is 0.0253. The Balaban J connectivity index is 1.38. The summed E-state index contributed by atoms with van der Waals surface area (Å²) >= 11 is 0. The van der Waals surface area contributed by atoms with E-state index in [2.05, 4.69) is 44.3 Å². The lowest BCUT2D eigenvalue weighted by Crippen LogP contribution is -2.53. The lowest BCUT2D eigenvalue weighted by Gasteiger charge is -2.39. The summed E-state index contributed by atoms with van der Waals surface area (Å²) in [7, 11) is 0. The van der Waals surface area contributed by atoms with Crippen LogP contribution in [0.15, 0.2) is 43.4 Å². The van der Waals surface area contributed by atoms with Gasteiger partial charge in [-0.3, -0.25) is 0 Å². The molecule has 9 heteroatoms. The number of phenolic OH excluding ortho intramolecular Hbond substituents is 1. The lowest BCUT2D eigenvalue weighted by molar-refractivity contribution is 0.135. The van der Waals surface area contributed by atoms with Gasteiger partial charge >= 0.3 is 0 Å². The number of hydrogen-bond donors (Lipinski definition) is 2. The maximum Gasteiger partial charge on any atom is 0.177 e. The number of alkyl halides is 1. The van der Waals surface area contributed by atoms with E-state index < -0.39 is 6.17 Å². The van der Waals surface area contributed by atoms with E-state index in [1.165, 1.54) is 6.20 Å².